The highest BCUT2D eigenvalue weighted by atomic mass is 35.5. The van der Waals surface area contributed by atoms with Crippen molar-refractivity contribution in [3.05, 3.63) is 64.2 Å². The molecule has 2 aromatic carbocycles. The lowest BCUT2D eigenvalue weighted by Gasteiger charge is -2.22. The highest BCUT2D eigenvalue weighted by molar-refractivity contribution is 6.31. The summed E-state index contributed by atoms with van der Waals surface area (Å²) in [6.07, 6.45) is 0. The summed E-state index contributed by atoms with van der Waals surface area (Å²) >= 11 is 6.35. The Morgan fingerprint density at radius 1 is 1.15 bits per heavy atom. The minimum Gasteiger partial charge on any atom is -0.497 e. The largest absolute Gasteiger partial charge is 0.497 e. The maximum Gasteiger partial charge on any atom is 0.119 e. The van der Waals surface area contributed by atoms with Gasteiger partial charge in [0.1, 0.15) is 5.75 Å². The van der Waals surface area contributed by atoms with Crippen LogP contribution in [-0.2, 0) is 0 Å². The van der Waals surface area contributed by atoms with Gasteiger partial charge in [-0.2, -0.15) is 0 Å². The molecule has 20 heavy (non-hydrogen) atoms. The van der Waals surface area contributed by atoms with Crippen LogP contribution < -0.4 is 10.1 Å². The normalized spacial score (nSPS) is 12.2. The van der Waals surface area contributed by atoms with Crippen LogP contribution in [0.1, 0.15) is 29.7 Å². The SMILES string of the molecule is CCNC(c1ccc(OC)cc1C)c1ccccc1Cl. The average Bonchev–Trinajstić information content (AvgIpc) is 2.46. The molecule has 0 aliphatic carbocycles. The topological polar surface area (TPSA) is 21.3 Å². The first kappa shape index (κ1) is 14.9. The molecule has 1 unspecified atom stereocenters. The van der Waals surface area contributed by atoms with Gasteiger partial charge in [-0.3, -0.25) is 0 Å². The Morgan fingerprint density at radius 2 is 1.90 bits per heavy atom. The van der Waals surface area contributed by atoms with E-state index in [1.165, 1.54) is 11.1 Å². The van der Waals surface area contributed by atoms with Gasteiger partial charge in [-0.1, -0.05) is 42.8 Å². The predicted molar refractivity (Wildman–Crippen MR) is 84.7 cm³/mol. The first-order valence-electron chi connectivity index (χ1n) is 6.79. The van der Waals surface area contributed by atoms with Crippen LogP contribution in [-0.4, -0.2) is 13.7 Å². The number of hydrogen-bond acceptors (Lipinski definition) is 2. The zero-order valence-corrected chi connectivity index (χ0v) is 12.9. The molecule has 2 aromatic rings. The van der Waals surface area contributed by atoms with Crippen molar-refractivity contribution in [1.82, 2.24) is 5.32 Å². The number of ether oxygens (including phenoxy) is 1. The van der Waals surface area contributed by atoms with E-state index in [9.17, 15) is 0 Å². The van der Waals surface area contributed by atoms with Gasteiger partial charge in [0.15, 0.2) is 0 Å². The highest BCUT2D eigenvalue weighted by Crippen LogP contribution is 2.31. The molecule has 0 saturated carbocycles. The van der Waals surface area contributed by atoms with Crippen LogP contribution in [0.3, 0.4) is 0 Å². The van der Waals surface area contributed by atoms with Crippen molar-refractivity contribution in [2.75, 3.05) is 13.7 Å². The van der Waals surface area contributed by atoms with Gasteiger partial charge in [-0.25, -0.2) is 0 Å². The molecule has 0 amide bonds. The van der Waals surface area contributed by atoms with Gasteiger partial charge in [-0.15, -0.1) is 0 Å². The number of halogens is 1. The predicted octanol–water partition coefficient (Wildman–Crippen LogP) is 4.36. The molecular weight excluding hydrogens is 270 g/mol. The highest BCUT2D eigenvalue weighted by Gasteiger charge is 2.17. The van der Waals surface area contributed by atoms with E-state index in [0.29, 0.717) is 0 Å². The first-order valence-corrected chi connectivity index (χ1v) is 7.17. The summed E-state index contributed by atoms with van der Waals surface area (Å²) in [4.78, 5) is 0. The maximum atomic E-state index is 6.35. The van der Waals surface area contributed by atoms with Gasteiger partial charge in [0.25, 0.3) is 0 Å². The summed E-state index contributed by atoms with van der Waals surface area (Å²) in [5.41, 5.74) is 3.51. The lowest BCUT2D eigenvalue weighted by Crippen LogP contribution is -2.23. The summed E-state index contributed by atoms with van der Waals surface area (Å²) in [6.45, 7) is 5.07. The molecule has 0 bridgehead atoms. The Kier molecular flexibility index (Phi) is 5.05. The second kappa shape index (κ2) is 6.78. The van der Waals surface area contributed by atoms with Crippen LogP contribution in [0, 0.1) is 6.92 Å². The van der Waals surface area contributed by atoms with Crippen molar-refractivity contribution in [3.63, 3.8) is 0 Å². The van der Waals surface area contributed by atoms with E-state index in [1.807, 2.05) is 24.3 Å². The molecule has 1 N–H and O–H groups in total. The number of hydrogen-bond donors (Lipinski definition) is 1. The van der Waals surface area contributed by atoms with Crippen molar-refractivity contribution < 1.29 is 4.74 Å². The van der Waals surface area contributed by atoms with Crippen molar-refractivity contribution in [1.29, 1.82) is 0 Å². The average molecular weight is 290 g/mol. The van der Waals surface area contributed by atoms with Crippen molar-refractivity contribution in [2.24, 2.45) is 0 Å². The molecule has 0 aromatic heterocycles. The Hall–Kier alpha value is -1.51. The van der Waals surface area contributed by atoms with Crippen molar-refractivity contribution in [3.8, 4) is 5.75 Å². The minimum atomic E-state index is 0.0969. The number of methoxy groups -OCH3 is 1. The molecule has 0 spiro atoms. The third-order valence-corrected chi connectivity index (χ3v) is 3.76. The van der Waals surface area contributed by atoms with Crippen molar-refractivity contribution >= 4 is 11.6 Å². The monoisotopic (exact) mass is 289 g/mol. The molecule has 0 radical (unpaired) electrons. The molecule has 0 aliphatic heterocycles. The smallest absolute Gasteiger partial charge is 0.119 e. The van der Waals surface area contributed by atoms with Gasteiger partial charge >= 0.3 is 0 Å². The summed E-state index contributed by atoms with van der Waals surface area (Å²) in [5.74, 6) is 0.876. The van der Waals surface area contributed by atoms with Crippen molar-refractivity contribution in [2.45, 2.75) is 19.9 Å². The quantitative estimate of drug-likeness (QED) is 0.883. The van der Waals surface area contributed by atoms with Crippen LogP contribution in [0.25, 0.3) is 0 Å². The first-order chi connectivity index (χ1) is 9.67. The molecule has 0 heterocycles. The fourth-order valence-electron chi connectivity index (χ4n) is 2.40. The zero-order chi connectivity index (χ0) is 14.5. The minimum absolute atomic E-state index is 0.0969. The van der Waals surface area contributed by atoms with Gasteiger partial charge in [0, 0.05) is 5.02 Å². The lowest BCUT2D eigenvalue weighted by molar-refractivity contribution is 0.414. The van der Waals surface area contributed by atoms with Gasteiger partial charge in [0.2, 0.25) is 0 Å². The fourth-order valence-corrected chi connectivity index (χ4v) is 2.64. The van der Waals surface area contributed by atoms with E-state index < -0.39 is 0 Å². The van der Waals surface area contributed by atoms with Crippen LogP contribution in [0.15, 0.2) is 42.5 Å². The number of rotatable bonds is 5. The number of benzene rings is 2. The Bertz CT molecular complexity index is 583. The third kappa shape index (κ3) is 3.14. The summed E-state index contributed by atoms with van der Waals surface area (Å²) < 4.78 is 5.27. The molecule has 0 saturated heterocycles. The molecule has 0 fully saturated rings. The molecule has 3 heteroatoms. The third-order valence-electron chi connectivity index (χ3n) is 3.41. The van der Waals surface area contributed by atoms with E-state index >= 15 is 0 Å². The molecule has 2 nitrogen and oxygen atoms in total. The fraction of sp³-hybridized carbons (Fsp3) is 0.294. The lowest BCUT2D eigenvalue weighted by atomic mass is 9.94. The summed E-state index contributed by atoms with van der Waals surface area (Å²) in [7, 11) is 1.68. The van der Waals surface area contributed by atoms with E-state index in [4.69, 9.17) is 16.3 Å². The van der Waals surface area contributed by atoms with Gasteiger partial charge in [0.05, 0.1) is 13.2 Å². The molecule has 1 atom stereocenters. The Labute approximate surface area is 125 Å². The number of aryl methyl sites for hydroxylation is 1. The molecule has 106 valence electrons. The van der Waals surface area contributed by atoms with E-state index in [-0.39, 0.29) is 6.04 Å². The Morgan fingerprint density at radius 3 is 2.50 bits per heavy atom. The van der Waals surface area contributed by atoms with Gasteiger partial charge < -0.3 is 10.1 Å². The van der Waals surface area contributed by atoms with Crippen LogP contribution in [0.2, 0.25) is 5.02 Å². The Balaban J connectivity index is 2.46. The van der Waals surface area contributed by atoms with Crippen LogP contribution in [0.5, 0.6) is 5.75 Å². The molecule has 0 aliphatic rings. The van der Waals surface area contributed by atoms with E-state index in [1.54, 1.807) is 7.11 Å². The molecular formula is C17H20ClNO. The standard InChI is InChI=1S/C17H20ClNO/c1-4-19-17(15-7-5-6-8-16(15)18)14-10-9-13(20-3)11-12(14)2/h5-11,17,19H,4H2,1-3H3. The van der Waals surface area contributed by atoms with Crippen LogP contribution >= 0.6 is 11.6 Å². The zero-order valence-electron chi connectivity index (χ0n) is 12.1. The second-order valence-electron chi connectivity index (χ2n) is 4.73. The van der Waals surface area contributed by atoms with E-state index in [0.717, 1.165) is 22.9 Å². The van der Waals surface area contributed by atoms with Crippen LogP contribution in [0.4, 0.5) is 0 Å². The summed E-state index contributed by atoms with van der Waals surface area (Å²) in [5, 5.41) is 4.29. The second-order valence-corrected chi connectivity index (χ2v) is 5.14. The van der Waals surface area contributed by atoms with E-state index in [2.05, 4.69) is 37.4 Å². The summed E-state index contributed by atoms with van der Waals surface area (Å²) in [6, 6.07) is 14.2. The number of nitrogens with one attached hydrogen (secondary N) is 1. The van der Waals surface area contributed by atoms with Gasteiger partial charge in [-0.05, 0) is 48.4 Å². The maximum absolute atomic E-state index is 6.35. The molecule has 2 rings (SSSR count).